The van der Waals surface area contributed by atoms with Crippen molar-refractivity contribution in [3.05, 3.63) is 124 Å². The molecule has 0 saturated carbocycles. The number of carbonyl (C=O) groups excluding carboxylic acids is 1. The van der Waals surface area contributed by atoms with Crippen molar-refractivity contribution >= 4 is 45.0 Å². The number of nitrogens with zero attached hydrogens (tertiary/aromatic N) is 4. The average Bonchev–Trinajstić information content (AvgIpc) is 3.15. The summed E-state index contributed by atoms with van der Waals surface area (Å²) in [5.74, 6) is -0.0614. The highest BCUT2D eigenvalue weighted by Crippen LogP contribution is 2.38. The van der Waals surface area contributed by atoms with Gasteiger partial charge in [-0.2, -0.15) is 0 Å². The van der Waals surface area contributed by atoms with Crippen molar-refractivity contribution in [3.63, 3.8) is 0 Å². The lowest BCUT2D eigenvalue weighted by Crippen LogP contribution is -2.44. The first-order chi connectivity index (χ1) is 25.3. The topological polar surface area (TPSA) is 98.2 Å². The minimum Gasteiger partial charge on any atom is -0.493 e. The van der Waals surface area contributed by atoms with E-state index >= 15 is 4.39 Å². The number of benzene rings is 4. The summed E-state index contributed by atoms with van der Waals surface area (Å²) in [5.41, 5.74) is 1.33. The van der Waals surface area contributed by atoms with Gasteiger partial charge in [0.2, 0.25) is 5.43 Å². The van der Waals surface area contributed by atoms with Gasteiger partial charge in [0.05, 0.1) is 35.5 Å². The largest absolute Gasteiger partial charge is 0.493 e. The Morgan fingerprint density at radius 2 is 1.69 bits per heavy atom. The molecule has 6 aromatic rings. The number of methoxy groups -OCH3 is 1. The van der Waals surface area contributed by atoms with Crippen molar-refractivity contribution in [3.8, 4) is 28.7 Å². The highest BCUT2D eigenvalue weighted by molar-refractivity contribution is 6.32. The van der Waals surface area contributed by atoms with Crippen LogP contribution in [0.15, 0.2) is 102 Å². The lowest BCUT2D eigenvalue weighted by atomic mass is 10.1. The number of nitrogens with one attached hydrogen (secondary N) is 1. The molecule has 1 saturated heterocycles. The van der Waals surface area contributed by atoms with Gasteiger partial charge in [0, 0.05) is 73.7 Å². The third kappa shape index (κ3) is 7.43. The van der Waals surface area contributed by atoms with Gasteiger partial charge in [-0.15, -0.1) is 0 Å². The fourth-order valence-corrected chi connectivity index (χ4v) is 6.52. The Hall–Kier alpha value is -5.49. The van der Waals surface area contributed by atoms with Crippen molar-refractivity contribution in [2.45, 2.75) is 6.42 Å². The summed E-state index contributed by atoms with van der Waals surface area (Å²) in [5, 5.41) is 4.04. The molecule has 52 heavy (non-hydrogen) atoms. The predicted octanol–water partition coefficient (Wildman–Crippen LogP) is 7.40. The van der Waals surface area contributed by atoms with E-state index in [1.807, 2.05) is 6.07 Å². The molecule has 1 fully saturated rings. The number of piperazine rings is 1. The van der Waals surface area contributed by atoms with Crippen LogP contribution >= 0.6 is 11.6 Å². The molecule has 2 aromatic heterocycles. The summed E-state index contributed by atoms with van der Waals surface area (Å²) >= 11 is 6.48. The summed E-state index contributed by atoms with van der Waals surface area (Å²) in [6.07, 6.45) is 3.90. The number of anilines is 1. The Morgan fingerprint density at radius 1 is 0.904 bits per heavy atom. The van der Waals surface area contributed by atoms with E-state index in [0.717, 1.165) is 45.2 Å². The Kier molecular flexibility index (Phi) is 10.3. The number of rotatable bonds is 11. The summed E-state index contributed by atoms with van der Waals surface area (Å²) in [6, 6.07) is 23.3. The van der Waals surface area contributed by atoms with Crippen LogP contribution in [0.1, 0.15) is 16.8 Å². The van der Waals surface area contributed by atoms with Gasteiger partial charge in [0.15, 0.2) is 23.1 Å². The van der Waals surface area contributed by atoms with Gasteiger partial charge >= 0.3 is 0 Å². The maximum atomic E-state index is 15.5. The lowest BCUT2D eigenvalue weighted by molar-refractivity contribution is 0.102. The van der Waals surface area contributed by atoms with E-state index in [9.17, 15) is 9.59 Å². The Morgan fingerprint density at radius 3 is 2.48 bits per heavy atom. The molecule has 7 rings (SSSR count). The Labute approximate surface area is 304 Å². The van der Waals surface area contributed by atoms with Crippen molar-refractivity contribution in [2.75, 3.05) is 58.8 Å². The molecule has 1 N–H and O–H groups in total. The minimum atomic E-state index is -0.720. The number of carbonyl (C=O) groups is 1. The molecule has 12 heteroatoms. The number of hydrogen-bond acceptors (Lipinski definition) is 8. The highest BCUT2D eigenvalue weighted by Gasteiger charge is 2.19. The zero-order chi connectivity index (χ0) is 36.2. The maximum Gasteiger partial charge on any atom is 0.261 e. The van der Waals surface area contributed by atoms with Gasteiger partial charge in [-0.05, 0) is 62.0 Å². The summed E-state index contributed by atoms with van der Waals surface area (Å²) in [6.45, 7) is 5.74. The number of ether oxygens (including phenoxy) is 3. The van der Waals surface area contributed by atoms with Crippen LogP contribution in [0.4, 0.5) is 10.1 Å². The number of pyridine rings is 2. The van der Waals surface area contributed by atoms with E-state index in [1.165, 1.54) is 18.3 Å². The van der Waals surface area contributed by atoms with Crippen molar-refractivity contribution < 1.29 is 23.4 Å². The van der Waals surface area contributed by atoms with Crippen LogP contribution in [-0.4, -0.2) is 78.7 Å². The van der Waals surface area contributed by atoms with Crippen molar-refractivity contribution in [1.29, 1.82) is 0 Å². The predicted molar refractivity (Wildman–Crippen MR) is 201 cm³/mol. The molecule has 1 aliphatic heterocycles. The van der Waals surface area contributed by atoms with E-state index < -0.39 is 17.2 Å². The first kappa shape index (κ1) is 34.9. The molecule has 0 radical (unpaired) electrons. The normalized spacial score (nSPS) is 13.7. The zero-order valence-corrected chi connectivity index (χ0v) is 29.5. The second kappa shape index (κ2) is 15.4. The van der Waals surface area contributed by atoms with Gasteiger partial charge in [0.25, 0.3) is 5.91 Å². The van der Waals surface area contributed by atoms with E-state index in [2.05, 4.69) is 27.1 Å². The average molecular weight is 722 g/mol. The number of likely N-dealkylation sites (N-methyl/N-ethyl adjacent to an activating group) is 1. The monoisotopic (exact) mass is 721 g/mol. The van der Waals surface area contributed by atoms with Crippen LogP contribution in [-0.2, 0) is 0 Å². The molecule has 0 bridgehead atoms. The van der Waals surface area contributed by atoms with Gasteiger partial charge in [-0.3, -0.25) is 14.6 Å². The van der Waals surface area contributed by atoms with Gasteiger partial charge in [-0.25, -0.2) is 4.39 Å². The molecule has 0 spiro atoms. The molecular weight excluding hydrogens is 685 g/mol. The highest BCUT2D eigenvalue weighted by atomic mass is 35.5. The smallest absolute Gasteiger partial charge is 0.261 e. The summed E-state index contributed by atoms with van der Waals surface area (Å²) in [4.78, 5) is 36.2. The van der Waals surface area contributed by atoms with Crippen molar-refractivity contribution in [2.24, 2.45) is 0 Å². The quantitative estimate of drug-likeness (QED) is 0.138. The van der Waals surface area contributed by atoms with E-state index in [0.29, 0.717) is 56.4 Å². The molecule has 1 aliphatic rings. The van der Waals surface area contributed by atoms with E-state index in [4.69, 9.17) is 25.8 Å². The molecule has 3 heterocycles. The van der Waals surface area contributed by atoms with Crippen LogP contribution < -0.4 is 25.0 Å². The van der Waals surface area contributed by atoms with Gasteiger partial charge in [0.1, 0.15) is 11.3 Å². The lowest BCUT2D eigenvalue weighted by Gasteiger charge is -2.32. The Balaban J connectivity index is 1.07. The van der Waals surface area contributed by atoms with Gasteiger partial charge in [-0.1, -0.05) is 35.9 Å². The van der Waals surface area contributed by atoms with Crippen LogP contribution in [0.5, 0.6) is 23.0 Å². The number of amides is 1. The third-order valence-electron chi connectivity index (χ3n) is 9.14. The van der Waals surface area contributed by atoms with Crippen LogP contribution in [0, 0.1) is 5.82 Å². The van der Waals surface area contributed by atoms with E-state index in [1.54, 1.807) is 78.5 Å². The number of aromatic nitrogens is 2. The number of halogens is 2. The zero-order valence-electron chi connectivity index (χ0n) is 28.8. The minimum absolute atomic E-state index is 0.0690. The molecule has 4 aromatic carbocycles. The second-order valence-electron chi connectivity index (χ2n) is 12.6. The summed E-state index contributed by atoms with van der Waals surface area (Å²) in [7, 11) is 3.70. The number of para-hydroxylation sites is 2. The number of fused-ring (bicyclic) bond motifs is 2. The molecule has 0 atom stereocenters. The standard InChI is InChI=1S/C40H37ClFN5O5/c1-45-17-19-46(20-18-45)16-7-21-51-38-24-32-28(23-37(38)50-2)35(14-15-43-32)52-36-13-12-26(22-31(36)42)44-40(49)29-25-47(34-11-6-4-9-30(34)41)33-10-5-3-8-27(33)39(29)48/h3-6,8-15,22-25H,7,16-21H2,1-2H3,(H,44,49). The fourth-order valence-electron chi connectivity index (χ4n) is 6.30. The molecule has 266 valence electrons. The van der Waals surface area contributed by atoms with Gasteiger partial charge < -0.3 is 33.9 Å². The van der Waals surface area contributed by atoms with E-state index in [-0.39, 0.29) is 17.0 Å². The third-order valence-corrected chi connectivity index (χ3v) is 9.46. The van der Waals surface area contributed by atoms with Crippen LogP contribution in [0.3, 0.4) is 0 Å². The molecule has 1 amide bonds. The maximum absolute atomic E-state index is 15.5. The Bertz CT molecular complexity index is 2330. The second-order valence-corrected chi connectivity index (χ2v) is 13.0. The molecular formula is C40H37ClFN5O5. The fraction of sp³-hybridized carbons (Fsp3) is 0.225. The SMILES string of the molecule is COc1cc2c(Oc3ccc(NC(=O)c4cn(-c5ccccc5Cl)c5ccccc5c4=O)cc3F)ccnc2cc1OCCCN1CCN(C)CC1. The first-order valence-electron chi connectivity index (χ1n) is 17.0. The molecule has 0 unspecified atom stereocenters. The van der Waals surface area contributed by atoms with Crippen molar-refractivity contribution in [1.82, 2.24) is 19.4 Å². The molecule has 10 nitrogen and oxygen atoms in total. The number of hydrogen-bond donors (Lipinski definition) is 1. The first-order valence-corrected chi connectivity index (χ1v) is 17.4. The summed E-state index contributed by atoms with van der Waals surface area (Å²) < 4.78 is 35.0. The molecule has 0 aliphatic carbocycles. The van der Waals surface area contributed by atoms with Crippen LogP contribution in [0.2, 0.25) is 5.02 Å². The van der Waals surface area contributed by atoms with Crippen LogP contribution in [0.25, 0.3) is 27.5 Å².